The van der Waals surface area contributed by atoms with Crippen molar-refractivity contribution in [2.45, 2.75) is 0 Å². The second-order valence-corrected chi connectivity index (χ2v) is 0.747. The van der Waals surface area contributed by atoms with Gasteiger partial charge in [-0.1, -0.05) is 0 Å². The van der Waals surface area contributed by atoms with Crippen molar-refractivity contribution >= 4 is 0 Å². The molecule has 0 fully saturated rings. The normalized spacial score (nSPS) is 9.60. The van der Waals surface area contributed by atoms with Gasteiger partial charge in [0, 0.05) is 14.1 Å². The molecular formula is C2H8N2O. The van der Waals surface area contributed by atoms with Crippen LogP contribution in [0.4, 0.5) is 0 Å². The highest BCUT2D eigenvalue weighted by Crippen LogP contribution is 1.48. The van der Waals surface area contributed by atoms with E-state index in [4.69, 9.17) is 5.21 Å². The average molecular weight is 76.1 g/mol. The molecule has 2 N–H and O–H groups in total. The summed E-state index contributed by atoms with van der Waals surface area (Å²) in [5.41, 5.74) is 2.42. The van der Waals surface area contributed by atoms with E-state index >= 15 is 0 Å². The standard InChI is InChI=1S/C2H8N2O/c1-3-4(2)5/h3,5H,1-2H3. The maximum absolute atomic E-state index is 8.08. The fraction of sp³-hybridized carbons (Fsp3) is 1.00. The van der Waals surface area contributed by atoms with E-state index in [9.17, 15) is 0 Å². The molecule has 0 aromatic rings. The highest BCUT2D eigenvalue weighted by atomic mass is 16.5. The van der Waals surface area contributed by atoms with E-state index in [2.05, 4.69) is 5.43 Å². The van der Waals surface area contributed by atoms with Gasteiger partial charge in [-0.05, 0) is 0 Å². The van der Waals surface area contributed by atoms with Gasteiger partial charge in [-0.2, -0.15) is 0 Å². The van der Waals surface area contributed by atoms with Crippen molar-refractivity contribution in [3.05, 3.63) is 0 Å². The Balaban J connectivity index is 2.54. The number of hydroxylamine groups is 1. The fourth-order valence-electron chi connectivity index (χ4n) is 0. The van der Waals surface area contributed by atoms with Crippen molar-refractivity contribution in [3.63, 3.8) is 0 Å². The van der Waals surface area contributed by atoms with E-state index in [1.54, 1.807) is 7.05 Å². The summed E-state index contributed by atoms with van der Waals surface area (Å²) in [6.07, 6.45) is 0. The van der Waals surface area contributed by atoms with Gasteiger partial charge in [-0.25, -0.2) is 5.43 Å². The summed E-state index contributed by atoms with van der Waals surface area (Å²) in [6.45, 7) is 0. The minimum atomic E-state index is 0.875. The smallest absolute Gasteiger partial charge is 0.0285 e. The minimum Gasteiger partial charge on any atom is -0.299 e. The first kappa shape index (κ1) is 4.88. The van der Waals surface area contributed by atoms with Crippen LogP contribution in [0.15, 0.2) is 0 Å². The molecule has 0 aromatic heterocycles. The fourth-order valence-corrected chi connectivity index (χ4v) is 0. The van der Waals surface area contributed by atoms with Crippen molar-refractivity contribution in [1.29, 1.82) is 0 Å². The van der Waals surface area contributed by atoms with Gasteiger partial charge in [0.25, 0.3) is 0 Å². The van der Waals surface area contributed by atoms with Crippen LogP contribution < -0.4 is 5.43 Å². The third kappa shape index (κ3) is 3.88. The molecule has 0 saturated heterocycles. The molecule has 0 rings (SSSR count). The first-order valence-corrected chi connectivity index (χ1v) is 1.37. The zero-order chi connectivity index (χ0) is 4.28. The lowest BCUT2D eigenvalue weighted by atomic mass is 11.4. The van der Waals surface area contributed by atoms with Crippen LogP contribution in [-0.2, 0) is 0 Å². The summed E-state index contributed by atoms with van der Waals surface area (Å²) in [4.78, 5) is 0. The van der Waals surface area contributed by atoms with E-state index in [-0.39, 0.29) is 0 Å². The van der Waals surface area contributed by atoms with Gasteiger partial charge in [-0.3, -0.25) is 5.21 Å². The number of hydrazine groups is 1. The summed E-state index contributed by atoms with van der Waals surface area (Å²) < 4.78 is 0. The summed E-state index contributed by atoms with van der Waals surface area (Å²) in [7, 11) is 3.12. The predicted molar refractivity (Wildman–Crippen MR) is 18.6 cm³/mol. The Labute approximate surface area is 31.1 Å². The second kappa shape index (κ2) is 2.14. The van der Waals surface area contributed by atoms with Crippen LogP contribution in [0.2, 0.25) is 0 Å². The Hall–Kier alpha value is -0.120. The van der Waals surface area contributed by atoms with Gasteiger partial charge in [0.1, 0.15) is 0 Å². The quantitative estimate of drug-likeness (QED) is 0.411. The number of hydrogen-bond acceptors (Lipinski definition) is 3. The van der Waals surface area contributed by atoms with Gasteiger partial charge in [0.05, 0.1) is 0 Å². The second-order valence-electron chi connectivity index (χ2n) is 0.747. The molecule has 0 aliphatic rings. The Morgan fingerprint density at radius 3 is 2.00 bits per heavy atom. The maximum Gasteiger partial charge on any atom is 0.0285 e. The number of rotatable bonds is 1. The van der Waals surface area contributed by atoms with E-state index in [1.807, 2.05) is 0 Å². The largest absolute Gasteiger partial charge is 0.299 e. The maximum atomic E-state index is 8.08. The molecule has 0 radical (unpaired) electrons. The predicted octanol–water partition coefficient (Wildman–Crippen LogP) is -0.558. The molecule has 0 atom stereocenters. The van der Waals surface area contributed by atoms with Crippen LogP contribution in [0.3, 0.4) is 0 Å². The molecule has 0 aliphatic heterocycles. The Kier molecular flexibility index (Phi) is 2.09. The lowest BCUT2D eigenvalue weighted by molar-refractivity contribution is -0.105. The summed E-state index contributed by atoms with van der Waals surface area (Å²) in [5.74, 6) is 0. The topological polar surface area (TPSA) is 35.5 Å². The van der Waals surface area contributed by atoms with Gasteiger partial charge >= 0.3 is 0 Å². The third-order valence-electron chi connectivity index (χ3n) is 0.324. The molecule has 5 heavy (non-hydrogen) atoms. The van der Waals surface area contributed by atoms with Crippen molar-refractivity contribution in [2.24, 2.45) is 0 Å². The summed E-state index contributed by atoms with van der Waals surface area (Å²) >= 11 is 0. The van der Waals surface area contributed by atoms with Crippen LogP contribution >= 0.6 is 0 Å². The van der Waals surface area contributed by atoms with Crippen molar-refractivity contribution in [2.75, 3.05) is 14.1 Å². The lowest BCUT2D eigenvalue weighted by Crippen LogP contribution is -2.26. The van der Waals surface area contributed by atoms with Crippen molar-refractivity contribution in [1.82, 2.24) is 10.6 Å². The molecule has 0 bridgehead atoms. The summed E-state index contributed by atoms with van der Waals surface area (Å²) in [5, 5.41) is 8.96. The first-order valence-electron chi connectivity index (χ1n) is 1.37. The Morgan fingerprint density at radius 1 is 1.80 bits per heavy atom. The monoisotopic (exact) mass is 76.1 g/mol. The van der Waals surface area contributed by atoms with Gasteiger partial charge in [-0.15, -0.1) is 5.17 Å². The molecule has 3 nitrogen and oxygen atoms in total. The molecule has 3 heteroatoms. The van der Waals surface area contributed by atoms with Crippen LogP contribution in [-0.4, -0.2) is 24.5 Å². The molecule has 0 aliphatic carbocycles. The zero-order valence-corrected chi connectivity index (χ0v) is 3.39. The van der Waals surface area contributed by atoms with E-state index in [0.717, 1.165) is 5.17 Å². The van der Waals surface area contributed by atoms with Gasteiger partial charge in [0.15, 0.2) is 0 Å². The molecule has 0 amide bonds. The lowest BCUT2D eigenvalue weighted by Gasteiger charge is -2.00. The van der Waals surface area contributed by atoms with Crippen LogP contribution in [0, 0.1) is 0 Å². The Bertz CT molecular complexity index is 21.6. The van der Waals surface area contributed by atoms with Crippen molar-refractivity contribution < 1.29 is 5.21 Å². The zero-order valence-electron chi connectivity index (χ0n) is 3.39. The molecule has 0 heterocycles. The SMILES string of the molecule is CNN(C)O. The average Bonchev–Trinajstić information content (AvgIpc) is 1.38. The Morgan fingerprint density at radius 2 is 2.00 bits per heavy atom. The van der Waals surface area contributed by atoms with Crippen molar-refractivity contribution in [3.8, 4) is 0 Å². The number of nitrogens with one attached hydrogen (secondary N) is 1. The molecule has 0 spiro atoms. The van der Waals surface area contributed by atoms with Crippen LogP contribution in [0.1, 0.15) is 0 Å². The molecule has 0 unspecified atom stereocenters. The first-order chi connectivity index (χ1) is 2.27. The van der Waals surface area contributed by atoms with Gasteiger partial charge < -0.3 is 0 Å². The molecule has 0 saturated carbocycles. The highest BCUT2D eigenvalue weighted by Gasteiger charge is 1.71. The summed E-state index contributed by atoms with van der Waals surface area (Å²) in [6, 6.07) is 0. The van der Waals surface area contributed by atoms with Gasteiger partial charge in [0.2, 0.25) is 0 Å². The van der Waals surface area contributed by atoms with E-state index < -0.39 is 0 Å². The number of hydrogen-bond donors (Lipinski definition) is 2. The van der Waals surface area contributed by atoms with E-state index in [1.165, 1.54) is 7.05 Å². The van der Waals surface area contributed by atoms with E-state index in [0.29, 0.717) is 0 Å². The van der Waals surface area contributed by atoms with Crippen LogP contribution in [0.5, 0.6) is 0 Å². The minimum absolute atomic E-state index is 0.875. The molecular weight excluding hydrogens is 68.0 g/mol. The highest BCUT2D eigenvalue weighted by molar-refractivity contribution is 3.98. The van der Waals surface area contributed by atoms with Crippen LogP contribution in [0.25, 0.3) is 0 Å². The third-order valence-corrected chi connectivity index (χ3v) is 0.324. The molecule has 0 aromatic carbocycles. The molecule has 32 valence electrons. The number of nitrogens with zero attached hydrogens (tertiary/aromatic N) is 1.